The largest absolute Gasteiger partial charge is 0.450 e. The molecule has 0 unspecified atom stereocenters. The van der Waals surface area contributed by atoms with Gasteiger partial charge >= 0.3 is 0 Å². The van der Waals surface area contributed by atoms with Crippen molar-refractivity contribution in [2.75, 3.05) is 20.1 Å². The maximum Gasteiger partial charge on any atom is 0.289 e. The molecular weight excluding hydrogens is 300 g/mol. The van der Waals surface area contributed by atoms with Gasteiger partial charge in [-0.25, -0.2) is 0 Å². The number of rotatable bonds is 4. The summed E-state index contributed by atoms with van der Waals surface area (Å²) >= 11 is 0. The Labute approximate surface area is 142 Å². The average molecular weight is 324 g/mol. The maximum absolute atomic E-state index is 12.9. The van der Waals surface area contributed by atoms with E-state index in [1.54, 1.807) is 11.9 Å². The number of nitrogens with zero attached hydrogens (tertiary/aromatic N) is 1. The second kappa shape index (κ2) is 5.95. The minimum atomic E-state index is -0.128. The summed E-state index contributed by atoms with van der Waals surface area (Å²) in [5.41, 5.74) is 7.32. The van der Waals surface area contributed by atoms with Crippen molar-refractivity contribution < 1.29 is 9.21 Å². The van der Waals surface area contributed by atoms with E-state index in [0.29, 0.717) is 18.8 Å². The highest BCUT2D eigenvalue weighted by Gasteiger charge is 2.26. The van der Waals surface area contributed by atoms with Gasteiger partial charge in [-0.2, -0.15) is 0 Å². The van der Waals surface area contributed by atoms with Gasteiger partial charge < -0.3 is 15.1 Å². The van der Waals surface area contributed by atoms with Crippen LogP contribution in [0.2, 0.25) is 0 Å². The summed E-state index contributed by atoms with van der Waals surface area (Å²) in [6.45, 7) is 7.15. The van der Waals surface area contributed by atoms with Crippen LogP contribution in [0.4, 0.5) is 0 Å². The van der Waals surface area contributed by atoms with Crippen LogP contribution in [0.15, 0.2) is 40.8 Å². The van der Waals surface area contributed by atoms with Crippen molar-refractivity contribution in [3.05, 3.63) is 47.7 Å². The van der Waals surface area contributed by atoms with Gasteiger partial charge in [-0.3, -0.25) is 4.79 Å². The molecule has 4 heteroatoms. The average Bonchev–Trinajstić information content (AvgIpc) is 2.91. The molecule has 4 nitrogen and oxygen atoms in total. The van der Waals surface area contributed by atoms with Crippen molar-refractivity contribution in [1.29, 1.82) is 0 Å². The number of amides is 1. The minimum absolute atomic E-state index is 0.102. The van der Waals surface area contributed by atoms with E-state index in [4.69, 9.17) is 10.2 Å². The third kappa shape index (κ3) is 2.78. The number of benzene rings is 2. The van der Waals surface area contributed by atoms with E-state index in [9.17, 15) is 4.79 Å². The molecule has 3 aromatic rings. The Bertz CT molecular complexity index is 909. The summed E-state index contributed by atoms with van der Waals surface area (Å²) in [5.74, 6) is 0.311. The molecule has 0 atom stereocenters. The Hall–Kier alpha value is -2.33. The molecule has 1 amide bonds. The zero-order chi connectivity index (χ0) is 17.5. The molecule has 1 aromatic heterocycles. The molecule has 3 rings (SSSR count). The molecule has 126 valence electrons. The van der Waals surface area contributed by atoms with Crippen LogP contribution < -0.4 is 5.73 Å². The van der Waals surface area contributed by atoms with Crippen LogP contribution >= 0.6 is 0 Å². The lowest BCUT2D eigenvalue weighted by atomic mass is 9.93. The van der Waals surface area contributed by atoms with Crippen LogP contribution in [0, 0.1) is 12.3 Å². The van der Waals surface area contributed by atoms with Crippen LogP contribution in [0.1, 0.15) is 30.0 Å². The number of nitrogens with two attached hydrogens (primary N) is 1. The molecule has 0 spiro atoms. The second-order valence-corrected chi connectivity index (χ2v) is 7.25. The van der Waals surface area contributed by atoms with E-state index in [1.807, 2.05) is 37.3 Å². The van der Waals surface area contributed by atoms with Gasteiger partial charge in [-0.1, -0.05) is 50.2 Å². The minimum Gasteiger partial charge on any atom is -0.450 e. The van der Waals surface area contributed by atoms with Crippen LogP contribution in [0.3, 0.4) is 0 Å². The van der Waals surface area contributed by atoms with E-state index in [1.165, 1.54) is 0 Å². The fourth-order valence-corrected chi connectivity index (χ4v) is 3.10. The van der Waals surface area contributed by atoms with E-state index < -0.39 is 0 Å². The summed E-state index contributed by atoms with van der Waals surface area (Å²) in [6, 6.07) is 12.1. The van der Waals surface area contributed by atoms with Crippen molar-refractivity contribution in [3.63, 3.8) is 0 Å². The summed E-state index contributed by atoms with van der Waals surface area (Å²) in [5, 5.41) is 3.13. The molecule has 0 fully saturated rings. The molecule has 0 bridgehead atoms. The predicted molar refractivity (Wildman–Crippen MR) is 98.3 cm³/mol. The van der Waals surface area contributed by atoms with Gasteiger partial charge in [0.2, 0.25) is 0 Å². The number of aryl methyl sites for hydroxylation is 1. The number of fused-ring (bicyclic) bond motifs is 3. The fraction of sp³-hybridized carbons (Fsp3) is 0.350. The quantitative estimate of drug-likeness (QED) is 0.790. The molecular formula is C20H24N2O2. The number of carbonyl (C=O) groups is 1. The predicted octanol–water partition coefficient (Wildman–Crippen LogP) is 3.95. The summed E-state index contributed by atoms with van der Waals surface area (Å²) in [4.78, 5) is 14.6. The molecule has 24 heavy (non-hydrogen) atoms. The van der Waals surface area contributed by atoms with Crippen molar-refractivity contribution in [2.24, 2.45) is 11.1 Å². The molecule has 0 radical (unpaired) electrons. The lowest BCUT2D eigenvalue weighted by Crippen LogP contribution is -2.39. The third-order valence-electron chi connectivity index (χ3n) is 4.59. The Morgan fingerprint density at radius 2 is 1.88 bits per heavy atom. The molecule has 2 N–H and O–H groups in total. The van der Waals surface area contributed by atoms with Gasteiger partial charge in [0.15, 0.2) is 5.76 Å². The van der Waals surface area contributed by atoms with Crippen molar-refractivity contribution >= 4 is 27.6 Å². The Kier molecular flexibility index (Phi) is 4.10. The zero-order valence-corrected chi connectivity index (χ0v) is 14.7. The first-order valence-corrected chi connectivity index (χ1v) is 8.20. The third-order valence-corrected chi connectivity index (χ3v) is 4.59. The number of hydrogen-bond acceptors (Lipinski definition) is 3. The first-order valence-electron chi connectivity index (χ1n) is 8.20. The topological polar surface area (TPSA) is 59.5 Å². The monoisotopic (exact) mass is 324 g/mol. The molecule has 0 aliphatic heterocycles. The molecule has 0 aliphatic rings. The van der Waals surface area contributed by atoms with E-state index >= 15 is 0 Å². The maximum atomic E-state index is 12.9. The first-order chi connectivity index (χ1) is 11.3. The van der Waals surface area contributed by atoms with Crippen molar-refractivity contribution in [1.82, 2.24) is 4.90 Å². The van der Waals surface area contributed by atoms with Gasteiger partial charge in [0, 0.05) is 29.9 Å². The molecule has 2 aromatic carbocycles. The first kappa shape index (κ1) is 16.5. The normalized spacial score (nSPS) is 12.0. The number of carbonyl (C=O) groups excluding carboxylic acids is 1. The summed E-state index contributed by atoms with van der Waals surface area (Å²) in [6.07, 6.45) is 0. The van der Waals surface area contributed by atoms with E-state index in [-0.39, 0.29) is 11.3 Å². The Morgan fingerprint density at radius 3 is 2.58 bits per heavy atom. The summed E-state index contributed by atoms with van der Waals surface area (Å²) < 4.78 is 6.02. The highest BCUT2D eigenvalue weighted by Crippen LogP contribution is 2.32. The van der Waals surface area contributed by atoms with E-state index in [2.05, 4.69) is 19.9 Å². The van der Waals surface area contributed by atoms with Gasteiger partial charge in [-0.15, -0.1) is 0 Å². The molecule has 0 aliphatic carbocycles. The zero-order valence-electron chi connectivity index (χ0n) is 14.7. The molecule has 0 saturated carbocycles. The van der Waals surface area contributed by atoms with Crippen molar-refractivity contribution in [3.8, 4) is 0 Å². The smallest absolute Gasteiger partial charge is 0.289 e. The Morgan fingerprint density at radius 1 is 1.17 bits per heavy atom. The van der Waals surface area contributed by atoms with Crippen molar-refractivity contribution in [2.45, 2.75) is 20.8 Å². The summed E-state index contributed by atoms with van der Waals surface area (Å²) in [7, 11) is 1.80. The number of hydrogen-bond donors (Lipinski definition) is 1. The lowest BCUT2D eigenvalue weighted by molar-refractivity contribution is 0.0710. The SMILES string of the molecule is Cc1c(C(=O)N(C)CC(C)(C)CN)oc2c1ccc1ccccc12. The highest BCUT2D eigenvalue weighted by atomic mass is 16.3. The van der Waals surface area contributed by atoms with Gasteiger partial charge in [0.1, 0.15) is 5.58 Å². The fourth-order valence-electron chi connectivity index (χ4n) is 3.10. The van der Waals surface area contributed by atoms with Gasteiger partial charge in [-0.05, 0) is 24.3 Å². The molecule has 1 heterocycles. The second-order valence-electron chi connectivity index (χ2n) is 7.25. The highest BCUT2D eigenvalue weighted by molar-refractivity contribution is 6.08. The van der Waals surface area contributed by atoms with E-state index in [0.717, 1.165) is 27.3 Å². The van der Waals surface area contributed by atoms with Crippen LogP contribution in [-0.4, -0.2) is 30.9 Å². The standard InChI is InChI=1S/C20H24N2O2/c1-13-15-10-9-14-7-5-6-8-16(14)18(15)24-17(13)19(23)22(4)12-20(2,3)11-21/h5-10H,11-12,21H2,1-4H3. The van der Waals surface area contributed by atoms with Gasteiger partial charge in [0.05, 0.1) is 0 Å². The lowest BCUT2D eigenvalue weighted by Gasteiger charge is -2.28. The van der Waals surface area contributed by atoms with Gasteiger partial charge in [0.25, 0.3) is 5.91 Å². The molecule has 0 saturated heterocycles. The number of furan rings is 1. The van der Waals surface area contributed by atoms with Crippen LogP contribution in [-0.2, 0) is 0 Å². The van der Waals surface area contributed by atoms with Crippen LogP contribution in [0.5, 0.6) is 0 Å². The van der Waals surface area contributed by atoms with Crippen LogP contribution in [0.25, 0.3) is 21.7 Å². The Balaban J connectivity index is 2.05.